The number of hydrogen-bond acceptors (Lipinski definition) is 11. The molecule has 10 nitrogen and oxygen atoms in total. The molecule has 334 valence electrons. The maximum Gasteiger partial charge on any atom is 0.322 e. The fraction of sp³-hybridized carbons (Fsp3) is 0.474. The van der Waals surface area contributed by atoms with Crippen LogP contribution in [0.1, 0.15) is 87.5 Å². The number of rotatable bonds is 11. The predicted octanol–water partition coefficient (Wildman–Crippen LogP) is 14.2. The van der Waals surface area contributed by atoms with Crippen LogP contribution in [0.2, 0.25) is 0 Å². The van der Waals surface area contributed by atoms with Crippen molar-refractivity contribution in [2.75, 3.05) is 0 Å². The van der Waals surface area contributed by atoms with Crippen LogP contribution in [0.3, 0.4) is 0 Å². The van der Waals surface area contributed by atoms with Gasteiger partial charge in [0, 0.05) is 20.9 Å². The number of ether oxygens (including phenoxy) is 1. The molecule has 4 aromatic rings. The summed E-state index contributed by atoms with van der Waals surface area (Å²) in [5, 5.41) is 10.3. The van der Waals surface area contributed by atoms with Gasteiger partial charge in [0.1, 0.15) is 16.1 Å². The van der Waals surface area contributed by atoms with Gasteiger partial charge in [0.05, 0.1) is 0 Å². The van der Waals surface area contributed by atoms with Crippen LogP contribution >= 0.6 is 163 Å². The lowest BCUT2D eigenvalue weighted by Gasteiger charge is -2.43. The van der Waals surface area contributed by atoms with E-state index in [2.05, 4.69) is 29.9 Å². The first-order valence-electron chi connectivity index (χ1n) is 18.8. The standard InChI is InChI=1S/C38H32Cl12N6O4S2/c39-35(40,41)29-51-26(52-30(55-29)36(42,43)44)19-11-15-23(16-12-19)61-25(28(57)60-22-9-5-2-6-10-22)34(33(58)59,21-7-3-1-4-8-21)62-24-17-13-20(14-18-24)27-53-31(37(45,46)47)56-32(54-27)38(48,49)50/h11-18,21-22,25H,1-10H2,(H,58,59). The summed E-state index contributed by atoms with van der Waals surface area (Å²) in [6, 6.07) is 13.4. The summed E-state index contributed by atoms with van der Waals surface area (Å²) in [6.45, 7) is 0. The molecule has 0 radical (unpaired) electrons. The number of hydrogen-bond donors (Lipinski definition) is 1. The Morgan fingerprint density at radius 3 is 1.29 bits per heavy atom. The minimum Gasteiger partial charge on any atom is -0.480 e. The first-order chi connectivity index (χ1) is 28.9. The normalized spacial score (nSPS) is 17.6. The number of aromatic nitrogens is 6. The Bertz CT molecular complexity index is 2170. The molecule has 0 bridgehead atoms. The molecule has 2 aliphatic rings. The molecule has 2 aromatic heterocycles. The second-order valence-electron chi connectivity index (χ2n) is 14.4. The third kappa shape index (κ3) is 12.8. The number of aliphatic carboxylic acids is 1. The van der Waals surface area contributed by atoms with Gasteiger partial charge in [-0.25, -0.2) is 29.9 Å². The molecule has 0 saturated heterocycles. The van der Waals surface area contributed by atoms with E-state index >= 15 is 0 Å². The molecule has 2 fully saturated rings. The van der Waals surface area contributed by atoms with Crippen molar-refractivity contribution in [2.24, 2.45) is 5.92 Å². The third-order valence-corrected chi connectivity index (χ3v) is 15.1. The van der Waals surface area contributed by atoms with Gasteiger partial charge in [0.25, 0.3) is 0 Å². The smallest absolute Gasteiger partial charge is 0.322 e. The van der Waals surface area contributed by atoms with Crippen molar-refractivity contribution in [1.29, 1.82) is 0 Å². The number of thioether (sulfide) groups is 2. The fourth-order valence-corrected chi connectivity index (χ4v) is 11.0. The number of carbonyl (C=O) groups excluding carboxylic acids is 1. The number of alkyl halides is 12. The predicted molar refractivity (Wildman–Crippen MR) is 253 cm³/mol. The topological polar surface area (TPSA) is 141 Å². The van der Waals surface area contributed by atoms with Gasteiger partial charge in [-0.2, -0.15) is 0 Å². The van der Waals surface area contributed by atoms with Crippen LogP contribution in [-0.4, -0.2) is 63.0 Å². The van der Waals surface area contributed by atoms with E-state index in [0.29, 0.717) is 46.6 Å². The molecule has 24 heteroatoms. The van der Waals surface area contributed by atoms with Crippen LogP contribution in [0, 0.1) is 5.92 Å². The fourth-order valence-electron chi connectivity index (χ4n) is 7.14. The molecule has 0 spiro atoms. The average molecular weight is 1130 g/mol. The Morgan fingerprint density at radius 2 is 0.919 bits per heavy atom. The van der Waals surface area contributed by atoms with E-state index in [1.807, 2.05) is 0 Å². The Labute approximate surface area is 425 Å². The maximum absolute atomic E-state index is 14.7. The molecule has 6 rings (SSSR count). The van der Waals surface area contributed by atoms with Crippen molar-refractivity contribution in [2.45, 2.75) is 105 Å². The van der Waals surface area contributed by atoms with Crippen molar-refractivity contribution >= 4 is 175 Å². The highest BCUT2D eigenvalue weighted by molar-refractivity contribution is 8.05. The SMILES string of the molecule is O=C(OC1CCCCC1)C(Sc1ccc(-c2nc(C(Cl)(Cl)Cl)nc(C(Cl)(Cl)Cl)n2)cc1)C(Sc1ccc(-c2nc(C(Cl)(Cl)Cl)nc(C(Cl)(Cl)Cl)n2)cc1)(C(=O)O)C1CCCCC1. The van der Waals surface area contributed by atoms with Gasteiger partial charge >= 0.3 is 11.9 Å². The molecular formula is C38H32Cl12N6O4S2. The third-order valence-electron chi connectivity index (χ3n) is 10.0. The number of esters is 1. The summed E-state index contributed by atoms with van der Waals surface area (Å²) in [7, 11) is 0. The van der Waals surface area contributed by atoms with Crippen molar-refractivity contribution in [3.05, 3.63) is 71.8 Å². The molecule has 2 heterocycles. The average Bonchev–Trinajstić information content (AvgIpc) is 3.21. The van der Waals surface area contributed by atoms with Crippen LogP contribution in [-0.2, 0) is 29.5 Å². The van der Waals surface area contributed by atoms with Crippen molar-refractivity contribution in [3.8, 4) is 22.8 Å². The molecule has 1 N–H and O–H groups in total. The Balaban J connectivity index is 1.41. The highest BCUT2D eigenvalue weighted by Gasteiger charge is 2.57. The van der Waals surface area contributed by atoms with E-state index < -0.39 is 43.0 Å². The van der Waals surface area contributed by atoms with E-state index in [-0.39, 0.29) is 41.1 Å². The van der Waals surface area contributed by atoms with E-state index in [0.717, 1.165) is 62.0 Å². The highest BCUT2D eigenvalue weighted by Crippen LogP contribution is 2.53. The minimum absolute atomic E-state index is 0.0353. The van der Waals surface area contributed by atoms with Gasteiger partial charge in [-0.3, -0.25) is 9.59 Å². The van der Waals surface area contributed by atoms with E-state index in [4.69, 9.17) is 144 Å². The monoisotopic (exact) mass is 1120 g/mol. The van der Waals surface area contributed by atoms with Gasteiger partial charge in [-0.1, -0.05) is 189 Å². The van der Waals surface area contributed by atoms with E-state index in [9.17, 15) is 14.7 Å². The van der Waals surface area contributed by atoms with Gasteiger partial charge in [0.15, 0.2) is 34.9 Å². The van der Waals surface area contributed by atoms with Crippen LogP contribution in [0.5, 0.6) is 0 Å². The maximum atomic E-state index is 14.7. The van der Waals surface area contributed by atoms with Crippen LogP contribution < -0.4 is 0 Å². The zero-order valence-electron chi connectivity index (χ0n) is 31.6. The number of nitrogens with zero attached hydrogens (tertiary/aromatic N) is 6. The lowest BCUT2D eigenvalue weighted by atomic mass is 9.77. The largest absolute Gasteiger partial charge is 0.480 e. The second-order valence-corrected chi connectivity index (χ2v) is 26.0. The molecule has 2 unspecified atom stereocenters. The quantitative estimate of drug-likeness (QED) is 0.0868. The molecule has 0 aliphatic heterocycles. The number of carboxylic acid groups (broad SMARTS) is 1. The first-order valence-corrected chi connectivity index (χ1v) is 25.0. The van der Waals surface area contributed by atoms with Crippen molar-refractivity contribution in [3.63, 3.8) is 0 Å². The Morgan fingerprint density at radius 1 is 0.548 bits per heavy atom. The van der Waals surface area contributed by atoms with Gasteiger partial charge in [-0.15, -0.1) is 23.5 Å². The lowest BCUT2D eigenvalue weighted by Crippen LogP contribution is -2.55. The molecular weight excluding hydrogens is 1090 g/mol. The number of halogens is 12. The summed E-state index contributed by atoms with van der Waals surface area (Å²) in [5.74, 6) is -3.21. The molecule has 2 aliphatic carbocycles. The summed E-state index contributed by atoms with van der Waals surface area (Å²) < 4.78 is -3.79. The van der Waals surface area contributed by atoms with Gasteiger partial charge in [0.2, 0.25) is 15.2 Å². The molecule has 2 saturated carbocycles. The van der Waals surface area contributed by atoms with Crippen molar-refractivity contribution in [1.82, 2.24) is 29.9 Å². The molecule has 62 heavy (non-hydrogen) atoms. The summed E-state index contributed by atoms with van der Waals surface area (Å²) in [5.41, 5.74) is 0.847. The highest BCUT2D eigenvalue weighted by atomic mass is 35.6. The van der Waals surface area contributed by atoms with Gasteiger partial charge in [-0.05, 0) is 68.7 Å². The van der Waals surface area contributed by atoms with Crippen LogP contribution in [0.25, 0.3) is 22.8 Å². The second kappa shape index (κ2) is 20.8. The van der Waals surface area contributed by atoms with E-state index in [1.54, 1.807) is 48.5 Å². The Hall–Kier alpha value is -0.420. The molecule has 2 aromatic carbocycles. The van der Waals surface area contributed by atoms with Gasteiger partial charge < -0.3 is 9.84 Å². The Kier molecular flexibility index (Phi) is 17.1. The summed E-state index contributed by atoms with van der Waals surface area (Å²) in [4.78, 5) is 55.2. The minimum atomic E-state index is -2.07. The van der Waals surface area contributed by atoms with Crippen molar-refractivity contribution < 1.29 is 19.4 Å². The summed E-state index contributed by atoms with van der Waals surface area (Å²) >= 11 is 75.5. The number of benzene rings is 2. The number of carboxylic acids is 1. The molecule has 0 amide bonds. The number of carbonyl (C=O) groups is 2. The first kappa shape index (κ1) is 51.0. The zero-order valence-corrected chi connectivity index (χ0v) is 42.3. The van der Waals surface area contributed by atoms with E-state index in [1.165, 1.54) is 0 Å². The van der Waals surface area contributed by atoms with Crippen LogP contribution in [0.15, 0.2) is 58.3 Å². The van der Waals surface area contributed by atoms with Crippen LogP contribution in [0.4, 0.5) is 0 Å². The zero-order chi connectivity index (χ0) is 45.3. The lowest BCUT2D eigenvalue weighted by molar-refractivity contribution is -0.155. The molecule has 2 atom stereocenters. The summed E-state index contributed by atoms with van der Waals surface area (Å²) in [6.07, 6.45) is 7.52.